The summed E-state index contributed by atoms with van der Waals surface area (Å²) in [6, 6.07) is 19.4. The molecule has 23 heavy (non-hydrogen) atoms. The maximum atomic E-state index is 5.80. The number of hydrogen-bond donors (Lipinski definition) is 0. The molecule has 2 rings (SSSR count). The molecule has 120 valence electrons. The van der Waals surface area contributed by atoms with Crippen LogP contribution in [0.15, 0.2) is 48.5 Å². The van der Waals surface area contributed by atoms with Crippen LogP contribution in [0.4, 0.5) is 0 Å². The SMILES string of the molecule is CCCCCCCCOc1ccc(-c2cc[c-]cc2)cc1.[Cl][Zn+]. The summed E-state index contributed by atoms with van der Waals surface area (Å²) in [6.07, 6.45) is 7.79. The van der Waals surface area contributed by atoms with Gasteiger partial charge in [-0.25, -0.2) is 0 Å². The Morgan fingerprint density at radius 2 is 1.39 bits per heavy atom. The summed E-state index contributed by atoms with van der Waals surface area (Å²) in [4.78, 5) is 0. The zero-order chi connectivity index (χ0) is 16.8. The summed E-state index contributed by atoms with van der Waals surface area (Å²) in [5.74, 6) is 0.967. The average molecular weight is 382 g/mol. The van der Waals surface area contributed by atoms with Gasteiger partial charge in [0.15, 0.2) is 0 Å². The van der Waals surface area contributed by atoms with E-state index in [0.29, 0.717) is 0 Å². The van der Waals surface area contributed by atoms with Gasteiger partial charge in [-0.2, -0.15) is 30.3 Å². The van der Waals surface area contributed by atoms with Gasteiger partial charge in [-0.05, 0) is 24.1 Å². The van der Waals surface area contributed by atoms with E-state index >= 15 is 0 Å². The van der Waals surface area contributed by atoms with Gasteiger partial charge in [-0.15, -0.1) is 5.56 Å². The van der Waals surface area contributed by atoms with Crippen LogP contribution in [0.5, 0.6) is 5.75 Å². The molecule has 0 bridgehead atoms. The Hall–Kier alpha value is -0.847. The van der Waals surface area contributed by atoms with Crippen molar-refractivity contribution in [2.24, 2.45) is 0 Å². The minimum atomic E-state index is 0.825. The molecule has 0 spiro atoms. The number of unbranched alkanes of at least 4 members (excludes halogenated alkanes) is 5. The third-order valence-electron chi connectivity index (χ3n) is 3.67. The van der Waals surface area contributed by atoms with Crippen LogP contribution < -0.4 is 4.74 Å². The molecule has 0 radical (unpaired) electrons. The van der Waals surface area contributed by atoms with Crippen molar-refractivity contribution in [3.05, 3.63) is 54.6 Å². The fraction of sp³-hybridized carbons (Fsp3) is 0.400. The van der Waals surface area contributed by atoms with E-state index in [9.17, 15) is 0 Å². The van der Waals surface area contributed by atoms with Crippen molar-refractivity contribution >= 4 is 9.69 Å². The predicted molar refractivity (Wildman–Crippen MR) is 95.4 cm³/mol. The Labute approximate surface area is 155 Å². The van der Waals surface area contributed by atoms with Crippen LogP contribution in [-0.2, 0) is 17.3 Å². The molecule has 0 atom stereocenters. The molecule has 0 saturated heterocycles. The molecule has 0 heterocycles. The van der Waals surface area contributed by atoms with Gasteiger partial charge in [0, 0.05) is 0 Å². The Morgan fingerprint density at radius 3 is 2.04 bits per heavy atom. The Kier molecular flexibility index (Phi) is 11.9. The first-order valence-corrected chi connectivity index (χ1v) is 12.3. The summed E-state index contributed by atoms with van der Waals surface area (Å²) in [7, 11) is 4.76. The van der Waals surface area contributed by atoms with Gasteiger partial charge in [0.05, 0.1) is 6.61 Å². The van der Waals surface area contributed by atoms with Crippen LogP contribution in [-0.4, -0.2) is 6.61 Å². The van der Waals surface area contributed by atoms with Crippen molar-refractivity contribution < 1.29 is 22.0 Å². The number of rotatable bonds is 9. The Balaban J connectivity index is 0.00000127. The topological polar surface area (TPSA) is 9.23 Å². The van der Waals surface area contributed by atoms with Crippen molar-refractivity contribution in [1.82, 2.24) is 0 Å². The first kappa shape index (κ1) is 20.2. The van der Waals surface area contributed by atoms with Crippen molar-refractivity contribution in [1.29, 1.82) is 0 Å². The molecule has 0 fully saturated rings. The maximum absolute atomic E-state index is 5.80. The molecule has 0 saturated carbocycles. The standard InChI is InChI=1S/C20H25O.ClH.Zn/c1-2-3-4-5-6-10-17-21-20-15-13-19(14-16-20)18-11-8-7-9-12-18;;/h8-9,11-16H,2-6,10,17H2,1H3;1H;/q-1;;+2/p-1. The summed E-state index contributed by atoms with van der Waals surface area (Å²) in [5.41, 5.74) is 2.44. The van der Waals surface area contributed by atoms with E-state index in [1.165, 1.54) is 43.2 Å². The van der Waals surface area contributed by atoms with Crippen molar-refractivity contribution in [3.8, 4) is 16.9 Å². The third-order valence-corrected chi connectivity index (χ3v) is 3.67. The fourth-order valence-corrected chi connectivity index (χ4v) is 2.40. The Morgan fingerprint density at radius 1 is 0.826 bits per heavy atom. The van der Waals surface area contributed by atoms with Gasteiger partial charge in [0.25, 0.3) is 0 Å². The third kappa shape index (κ3) is 8.53. The number of halogens is 1. The minimum absolute atomic E-state index is 0.825. The molecule has 0 aliphatic heterocycles. The van der Waals surface area contributed by atoms with Gasteiger partial charge in [-0.1, -0.05) is 51.2 Å². The predicted octanol–water partition coefficient (Wildman–Crippen LogP) is 6.58. The monoisotopic (exact) mass is 380 g/mol. The van der Waals surface area contributed by atoms with Crippen LogP contribution in [0.3, 0.4) is 0 Å². The number of hydrogen-bond acceptors (Lipinski definition) is 1. The summed E-state index contributed by atoms with van der Waals surface area (Å²) >= 11 is 0.847. The molecule has 2 aromatic carbocycles. The molecule has 3 heteroatoms. The number of benzene rings is 2. The van der Waals surface area contributed by atoms with E-state index < -0.39 is 0 Å². The van der Waals surface area contributed by atoms with Crippen molar-refractivity contribution in [2.75, 3.05) is 6.61 Å². The van der Waals surface area contributed by atoms with Crippen molar-refractivity contribution in [3.63, 3.8) is 0 Å². The van der Waals surface area contributed by atoms with Crippen molar-refractivity contribution in [2.45, 2.75) is 45.4 Å². The fourth-order valence-electron chi connectivity index (χ4n) is 2.40. The second kappa shape index (κ2) is 13.6. The summed E-state index contributed by atoms with van der Waals surface area (Å²) in [6.45, 7) is 3.08. The van der Waals surface area contributed by atoms with E-state index in [-0.39, 0.29) is 0 Å². The molecule has 0 aliphatic rings. The zero-order valence-corrected chi connectivity index (χ0v) is 17.8. The van der Waals surface area contributed by atoms with E-state index in [2.05, 4.69) is 49.4 Å². The van der Waals surface area contributed by atoms with Crippen LogP contribution in [0, 0.1) is 6.07 Å². The quantitative estimate of drug-likeness (QED) is 0.270. The molecule has 0 aromatic heterocycles. The van der Waals surface area contributed by atoms with Gasteiger partial charge in [0.2, 0.25) is 0 Å². The molecule has 0 unspecified atom stereocenters. The van der Waals surface area contributed by atoms with E-state index in [0.717, 1.165) is 36.1 Å². The normalized spacial score (nSPS) is 9.91. The van der Waals surface area contributed by atoms with Crippen LogP contribution >= 0.6 is 9.69 Å². The molecule has 0 amide bonds. The zero-order valence-electron chi connectivity index (χ0n) is 14.1. The van der Waals surface area contributed by atoms with E-state index in [4.69, 9.17) is 14.4 Å². The second-order valence-corrected chi connectivity index (χ2v) is 5.43. The average Bonchev–Trinajstić information content (AvgIpc) is 2.64. The Bertz CT molecular complexity index is 499. The van der Waals surface area contributed by atoms with E-state index in [1.807, 2.05) is 12.1 Å². The summed E-state index contributed by atoms with van der Waals surface area (Å²) < 4.78 is 5.80. The molecular formula is C20H25ClOZn. The number of ether oxygens (including phenoxy) is 1. The van der Waals surface area contributed by atoms with E-state index in [1.54, 1.807) is 0 Å². The first-order chi connectivity index (χ1) is 11.4. The van der Waals surface area contributed by atoms with Gasteiger partial charge < -0.3 is 4.74 Å². The van der Waals surface area contributed by atoms with Crippen LogP contribution in [0.25, 0.3) is 11.1 Å². The molecular weight excluding hydrogens is 357 g/mol. The molecule has 2 aromatic rings. The molecule has 0 N–H and O–H groups in total. The first-order valence-electron chi connectivity index (χ1n) is 8.36. The van der Waals surface area contributed by atoms with Crippen LogP contribution in [0.2, 0.25) is 0 Å². The second-order valence-electron chi connectivity index (χ2n) is 5.43. The van der Waals surface area contributed by atoms with Gasteiger partial charge in [0.1, 0.15) is 5.75 Å². The summed E-state index contributed by atoms with van der Waals surface area (Å²) in [5, 5.41) is 0. The van der Waals surface area contributed by atoms with Gasteiger partial charge >= 0.3 is 27.0 Å². The molecule has 1 nitrogen and oxygen atoms in total. The van der Waals surface area contributed by atoms with Crippen LogP contribution in [0.1, 0.15) is 45.4 Å². The van der Waals surface area contributed by atoms with Gasteiger partial charge in [-0.3, -0.25) is 0 Å². The molecule has 0 aliphatic carbocycles.